The molecule has 0 aliphatic rings. The molecule has 0 spiro atoms. The van der Waals surface area contributed by atoms with Gasteiger partial charge in [0.2, 0.25) is 0 Å². The molecule has 0 aromatic carbocycles. The monoisotopic (exact) mass is 269 g/mol. The Labute approximate surface area is 96.0 Å². The van der Waals surface area contributed by atoms with Gasteiger partial charge in [0.15, 0.2) is 5.65 Å². The van der Waals surface area contributed by atoms with Crippen LogP contribution in [0.15, 0.2) is 12.1 Å². The van der Waals surface area contributed by atoms with Gasteiger partial charge < -0.3 is 0 Å². The topological polar surface area (TPSA) is 56.0 Å². The molecule has 0 radical (unpaired) electrons. The first kappa shape index (κ1) is 10.5. The van der Waals surface area contributed by atoms with Crippen LogP contribution in [0.3, 0.4) is 0 Å². The Hall–Kier alpha value is -1.04. The number of hydrogen-bond donors (Lipinski definition) is 0. The molecule has 2 heterocycles. The summed E-state index contributed by atoms with van der Waals surface area (Å²) in [5, 5.41) is 15.4. The molecule has 0 fully saturated rings. The highest BCUT2D eigenvalue weighted by Crippen LogP contribution is 2.16. The van der Waals surface area contributed by atoms with Crippen molar-refractivity contribution in [2.24, 2.45) is 5.92 Å². The average Bonchev–Trinajstić information content (AvgIpc) is 2.64. The maximum Gasteiger partial charge on any atom is 0.199 e. The smallest absolute Gasteiger partial charge is 0.152 e. The third-order valence-electron chi connectivity index (χ3n) is 2.25. The normalized spacial score (nSPS) is 13.6. The van der Waals surface area contributed by atoms with Gasteiger partial charge in [0.25, 0.3) is 0 Å². The largest absolute Gasteiger partial charge is 0.199 e. The molecule has 1 unspecified atom stereocenters. The molecular formula is C9H12BrN5. The fraction of sp³-hybridized carbons (Fsp3) is 0.556. The van der Waals surface area contributed by atoms with Gasteiger partial charge in [-0.1, -0.05) is 29.8 Å². The summed E-state index contributed by atoms with van der Waals surface area (Å²) in [5.41, 5.74) is 1.67. The number of hydrogen-bond acceptors (Lipinski definition) is 4. The zero-order valence-electron chi connectivity index (χ0n) is 8.63. The molecule has 5 nitrogen and oxygen atoms in total. The first-order valence-electron chi connectivity index (χ1n) is 4.85. The lowest BCUT2D eigenvalue weighted by molar-refractivity contribution is 0.597. The summed E-state index contributed by atoms with van der Waals surface area (Å²) in [7, 11) is 0. The Morgan fingerprint density at radius 1 is 1.40 bits per heavy atom. The van der Waals surface area contributed by atoms with Gasteiger partial charge in [-0.05, 0) is 28.5 Å². The third kappa shape index (κ3) is 2.31. The van der Waals surface area contributed by atoms with Gasteiger partial charge in [-0.15, -0.1) is 9.73 Å². The minimum absolute atomic E-state index is 0.430. The second kappa shape index (κ2) is 4.22. The summed E-state index contributed by atoms with van der Waals surface area (Å²) in [6.45, 7) is 4.35. The van der Waals surface area contributed by atoms with Gasteiger partial charge in [-0.25, -0.2) is 0 Å². The molecule has 1 atom stereocenters. The van der Waals surface area contributed by atoms with E-state index in [4.69, 9.17) is 0 Å². The summed E-state index contributed by atoms with van der Waals surface area (Å²) in [4.78, 5) is 0.430. The van der Waals surface area contributed by atoms with Crippen LogP contribution in [0.1, 0.15) is 19.5 Å². The predicted molar refractivity (Wildman–Crippen MR) is 59.8 cm³/mol. The van der Waals surface area contributed by atoms with Crippen LogP contribution in [0.4, 0.5) is 0 Å². The van der Waals surface area contributed by atoms with Crippen LogP contribution in [-0.4, -0.2) is 30.1 Å². The molecule has 0 N–H and O–H groups in total. The van der Waals surface area contributed by atoms with E-state index in [-0.39, 0.29) is 0 Å². The van der Waals surface area contributed by atoms with Crippen molar-refractivity contribution in [3.05, 3.63) is 17.8 Å². The lowest BCUT2D eigenvalue weighted by atomic mass is 10.1. The molecule has 0 bridgehead atoms. The molecule has 0 saturated carbocycles. The lowest BCUT2D eigenvalue weighted by Crippen LogP contribution is -2.12. The van der Waals surface area contributed by atoms with Crippen molar-refractivity contribution in [3.63, 3.8) is 0 Å². The second-order valence-electron chi connectivity index (χ2n) is 3.82. The Balaban J connectivity index is 2.21. The van der Waals surface area contributed by atoms with Crippen LogP contribution in [0, 0.1) is 5.92 Å². The SMILES string of the molecule is CC(C)C(Br)Cc1ccc2nnnn2n1. The number of aromatic nitrogens is 5. The molecule has 0 amide bonds. The maximum absolute atomic E-state index is 4.31. The fourth-order valence-electron chi connectivity index (χ4n) is 1.23. The predicted octanol–water partition coefficient (Wildman–Crippen LogP) is 1.48. The van der Waals surface area contributed by atoms with E-state index in [0.717, 1.165) is 12.1 Å². The van der Waals surface area contributed by atoms with Crippen molar-refractivity contribution in [2.45, 2.75) is 25.1 Å². The molecule has 6 heteroatoms. The van der Waals surface area contributed by atoms with Crippen molar-refractivity contribution in [1.82, 2.24) is 25.3 Å². The van der Waals surface area contributed by atoms with Crippen LogP contribution in [0.5, 0.6) is 0 Å². The maximum atomic E-state index is 4.31. The minimum Gasteiger partial charge on any atom is -0.152 e. The van der Waals surface area contributed by atoms with Gasteiger partial charge >= 0.3 is 0 Å². The summed E-state index contributed by atoms with van der Waals surface area (Å²) in [6.07, 6.45) is 0.882. The van der Waals surface area contributed by atoms with E-state index in [1.807, 2.05) is 12.1 Å². The Morgan fingerprint density at radius 3 is 2.93 bits per heavy atom. The molecule has 0 saturated heterocycles. The van der Waals surface area contributed by atoms with E-state index in [9.17, 15) is 0 Å². The Kier molecular flexibility index (Phi) is 2.95. The Morgan fingerprint density at radius 2 is 2.20 bits per heavy atom. The fourth-order valence-corrected chi connectivity index (χ4v) is 1.56. The highest BCUT2D eigenvalue weighted by atomic mass is 79.9. The number of alkyl halides is 1. The van der Waals surface area contributed by atoms with Crippen molar-refractivity contribution in [3.8, 4) is 0 Å². The van der Waals surface area contributed by atoms with E-state index < -0.39 is 0 Å². The molecule has 2 aromatic rings. The van der Waals surface area contributed by atoms with Crippen molar-refractivity contribution < 1.29 is 0 Å². The van der Waals surface area contributed by atoms with Gasteiger partial charge in [0, 0.05) is 11.2 Å². The van der Waals surface area contributed by atoms with E-state index in [1.54, 1.807) is 0 Å². The first-order valence-corrected chi connectivity index (χ1v) is 5.77. The van der Waals surface area contributed by atoms with Gasteiger partial charge in [0.05, 0.1) is 5.69 Å². The minimum atomic E-state index is 0.430. The Bertz CT molecular complexity index is 452. The van der Waals surface area contributed by atoms with Crippen molar-refractivity contribution in [1.29, 1.82) is 0 Å². The molecule has 0 aliphatic carbocycles. The quantitative estimate of drug-likeness (QED) is 0.793. The van der Waals surface area contributed by atoms with E-state index in [1.165, 1.54) is 4.63 Å². The number of tetrazole rings is 1. The van der Waals surface area contributed by atoms with Crippen LogP contribution in [-0.2, 0) is 6.42 Å². The van der Waals surface area contributed by atoms with E-state index in [2.05, 4.69) is 50.4 Å². The average molecular weight is 270 g/mol. The zero-order valence-corrected chi connectivity index (χ0v) is 10.2. The molecule has 2 aromatic heterocycles. The first-order chi connectivity index (χ1) is 7.16. The summed E-state index contributed by atoms with van der Waals surface area (Å²) in [5.74, 6) is 0.580. The number of nitrogens with zero attached hydrogens (tertiary/aromatic N) is 5. The molecular weight excluding hydrogens is 258 g/mol. The second-order valence-corrected chi connectivity index (χ2v) is 4.99. The van der Waals surface area contributed by atoms with Crippen LogP contribution in [0.2, 0.25) is 0 Å². The summed E-state index contributed by atoms with van der Waals surface area (Å²) < 4.78 is 1.45. The van der Waals surface area contributed by atoms with Gasteiger partial charge in [0.1, 0.15) is 0 Å². The van der Waals surface area contributed by atoms with Crippen molar-refractivity contribution in [2.75, 3.05) is 0 Å². The number of rotatable bonds is 3. The van der Waals surface area contributed by atoms with Crippen LogP contribution < -0.4 is 0 Å². The molecule has 0 aliphatic heterocycles. The van der Waals surface area contributed by atoms with Crippen molar-refractivity contribution >= 4 is 21.6 Å². The lowest BCUT2D eigenvalue weighted by Gasteiger charge is -2.12. The summed E-state index contributed by atoms with van der Waals surface area (Å²) >= 11 is 3.63. The highest BCUT2D eigenvalue weighted by molar-refractivity contribution is 9.09. The van der Waals surface area contributed by atoms with Crippen LogP contribution >= 0.6 is 15.9 Å². The third-order valence-corrected chi connectivity index (χ3v) is 3.63. The van der Waals surface area contributed by atoms with Crippen LogP contribution in [0.25, 0.3) is 5.65 Å². The van der Waals surface area contributed by atoms with Gasteiger partial charge in [-0.2, -0.15) is 5.10 Å². The van der Waals surface area contributed by atoms with Gasteiger partial charge in [-0.3, -0.25) is 0 Å². The summed E-state index contributed by atoms with van der Waals surface area (Å²) in [6, 6.07) is 3.84. The van der Waals surface area contributed by atoms with E-state index >= 15 is 0 Å². The highest BCUT2D eigenvalue weighted by Gasteiger charge is 2.11. The number of fused-ring (bicyclic) bond motifs is 1. The number of halogens is 1. The standard InChI is InChI=1S/C9H12BrN5/c1-6(2)8(10)5-7-3-4-9-11-13-14-15(9)12-7/h3-4,6,8H,5H2,1-2H3. The molecule has 2 rings (SSSR count). The molecule has 80 valence electrons. The molecule has 15 heavy (non-hydrogen) atoms. The van der Waals surface area contributed by atoms with E-state index in [0.29, 0.717) is 16.4 Å². The zero-order chi connectivity index (χ0) is 10.8.